The van der Waals surface area contributed by atoms with E-state index in [2.05, 4.69) is 4.98 Å². The van der Waals surface area contributed by atoms with E-state index in [0.29, 0.717) is 11.4 Å². The highest BCUT2D eigenvalue weighted by Gasteiger charge is 2.14. The smallest absolute Gasteiger partial charge is 0.222 e. The second-order valence-corrected chi connectivity index (χ2v) is 3.21. The van der Waals surface area contributed by atoms with Crippen molar-refractivity contribution < 1.29 is 15.0 Å². The minimum Gasteiger partial charge on any atom is -0.549 e. The average molecular weight is 186 g/mol. The van der Waals surface area contributed by atoms with Crippen molar-refractivity contribution in [2.45, 2.75) is 19.3 Å². The number of aromatic hydroxyl groups is 1. The molecule has 0 bridgehead atoms. The summed E-state index contributed by atoms with van der Waals surface area (Å²) in [5.74, 6) is -1.97. The van der Waals surface area contributed by atoms with Crippen LogP contribution in [0.25, 0.3) is 0 Å². The maximum atomic E-state index is 10.5. The Morgan fingerprint density at radius 3 is 2.92 bits per heavy atom. The summed E-state index contributed by atoms with van der Waals surface area (Å²) in [5, 5.41) is 21.2. The molecule has 0 aliphatic carbocycles. The summed E-state index contributed by atoms with van der Waals surface area (Å²) in [7, 11) is 0. The van der Waals surface area contributed by atoms with Crippen molar-refractivity contribution in [3.63, 3.8) is 0 Å². The summed E-state index contributed by atoms with van der Waals surface area (Å²) in [6.07, 6.45) is 0.426. The third-order valence-electron chi connectivity index (χ3n) is 1.50. The Labute approximate surface area is 73.5 Å². The maximum absolute atomic E-state index is 10.5. The molecule has 1 heterocycles. The van der Waals surface area contributed by atoms with Crippen molar-refractivity contribution >= 4 is 17.3 Å². The molecule has 12 heavy (non-hydrogen) atoms. The van der Waals surface area contributed by atoms with E-state index in [0.717, 1.165) is 11.3 Å². The molecule has 1 unspecified atom stereocenters. The zero-order valence-corrected chi connectivity index (χ0v) is 7.30. The van der Waals surface area contributed by atoms with Gasteiger partial charge in [-0.3, -0.25) is 0 Å². The molecule has 1 aromatic heterocycles. The summed E-state index contributed by atoms with van der Waals surface area (Å²) in [4.78, 5) is 14.2. The lowest BCUT2D eigenvalue weighted by molar-refractivity contribution is -0.308. The number of carbonyl (C=O) groups excluding carboxylic acids is 1. The Kier molecular flexibility index (Phi) is 2.65. The fraction of sp³-hybridized carbons (Fsp3) is 0.429. The third-order valence-corrected chi connectivity index (χ3v) is 2.45. The van der Waals surface area contributed by atoms with Crippen molar-refractivity contribution in [3.8, 4) is 5.88 Å². The van der Waals surface area contributed by atoms with Gasteiger partial charge in [-0.15, -0.1) is 11.3 Å². The Balaban J connectivity index is 2.87. The van der Waals surface area contributed by atoms with Gasteiger partial charge in [0.25, 0.3) is 0 Å². The Hall–Kier alpha value is -1.10. The molecule has 1 N–H and O–H groups in total. The highest BCUT2D eigenvalue weighted by atomic mass is 32.1. The third kappa shape index (κ3) is 1.73. The molecular formula is C7H8NO3S-. The van der Waals surface area contributed by atoms with Crippen LogP contribution in [0.3, 0.4) is 0 Å². The lowest BCUT2D eigenvalue weighted by Gasteiger charge is -2.11. The van der Waals surface area contributed by atoms with E-state index < -0.39 is 11.9 Å². The van der Waals surface area contributed by atoms with Crippen LogP contribution in [0.1, 0.15) is 24.3 Å². The molecule has 0 amide bonds. The first-order valence-corrected chi connectivity index (χ1v) is 4.38. The molecule has 0 aromatic carbocycles. The maximum Gasteiger partial charge on any atom is 0.222 e. The van der Waals surface area contributed by atoms with E-state index in [1.807, 2.05) is 0 Å². The largest absolute Gasteiger partial charge is 0.549 e. The van der Waals surface area contributed by atoms with Gasteiger partial charge in [-0.1, -0.05) is 6.92 Å². The van der Waals surface area contributed by atoms with E-state index in [4.69, 9.17) is 5.11 Å². The molecule has 66 valence electrons. The molecule has 0 fully saturated rings. The summed E-state index contributed by atoms with van der Waals surface area (Å²) in [6, 6.07) is 0. The number of nitrogens with zero attached hydrogens (tertiary/aromatic N) is 1. The molecule has 4 nitrogen and oxygen atoms in total. The molecule has 0 radical (unpaired) electrons. The monoisotopic (exact) mass is 186 g/mol. The minimum atomic E-state index is -1.15. The van der Waals surface area contributed by atoms with Crippen molar-refractivity contribution in [3.05, 3.63) is 10.4 Å². The Bertz CT molecular complexity index is 284. The van der Waals surface area contributed by atoms with Gasteiger partial charge >= 0.3 is 0 Å². The van der Waals surface area contributed by atoms with Gasteiger partial charge in [0.05, 0.1) is 17.3 Å². The normalized spacial score (nSPS) is 12.8. The van der Waals surface area contributed by atoms with Gasteiger partial charge in [0, 0.05) is 0 Å². The number of hydrogen-bond donors (Lipinski definition) is 1. The molecule has 0 aliphatic rings. The number of carboxylic acids is 1. The number of aliphatic carboxylic acids is 1. The van der Waals surface area contributed by atoms with E-state index in [1.165, 1.54) is 5.38 Å². The van der Waals surface area contributed by atoms with Crippen LogP contribution in [0.2, 0.25) is 0 Å². The van der Waals surface area contributed by atoms with Gasteiger partial charge in [0.2, 0.25) is 5.88 Å². The molecular weight excluding hydrogens is 178 g/mol. The van der Waals surface area contributed by atoms with E-state index in [-0.39, 0.29) is 5.88 Å². The lowest BCUT2D eigenvalue weighted by Crippen LogP contribution is -2.29. The van der Waals surface area contributed by atoms with Crippen LogP contribution in [0, 0.1) is 0 Å². The standard InChI is InChI=1S/C7H9NO3S/c1-2-4(7(10)11)6-8-5(9)3-12-6/h3-4,9H,2H2,1H3,(H,10,11)/p-1. The number of carbonyl (C=O) groups is 1. The zero-order chi connectivity index (χ0) is 9.14. The number of hydrogen-bond acceptors (Lipinski definition) is 5. The van der Waals surface area contributed by atoms with Gasteiger partial charge in [-0.25, -0.2) is 4.98 Å². The van der Waals surface area contributed by atoms with Gasteiger partial charge in [-0.05, 0) is 6.42 Å². The number of rotatable bonds is 3. The van der Waals surface area contributed by atoms with Crippen LogP contribution in [0.15, 0.2) is 5.38 Å². The van der Waals surface area contributed by atoms with Crippen LogP contribution >= 0.6 is 11.3 Å². The number of aromatic nitrogens is 1. The van der Waals surface area contributed by atoms with Crippen LogP contribution in [0.5, 0.6) is 5.88 Å². The van der Waals surface area contributed by atoms with Crippen molar-refractivity contribution in [2.24, 2.45) is 0 Å². The molecule has 0 aliphatic heterocycles. The summed E-state index contributed by atoms with van der Waals surface area (Å²) >= 11 is 1.13. The predicted octanol–water partition coefficient (Wildman–Crippen LogP) is 0.0922. The van der Waals surface area contributed by atoms with Crippen molar-refractivity contribution in [1.82, 2.24) is 4.98 Å². The molecule has 1 aromatic rings. The van der Waals surface area contributed by atoms with E-state index in [1.54, 1.807) is 6.92 Å². The fourth-order valence-electron chi connectivity index (χ4n) is 0.881. The molecule has 0 spiro atoms. The molecule has 5 heteroatoms. The van der Waals surface area contributed by atoms with Gasteiger partial charge in [0.1, 0.15) is 5.01 Å². The average Bonchev–Trinajstić information content (AvgIpc) is 2.37. The number of thiazole rings is 1. The topological polar surface area (TPSA) is 73.2 Å². The van der Waals surface area contributed by atoms with Crippen LogP contribution in [0.4, 0.5) is 0 Å². The quantitative estimate of drug-likeness (QED) is 0.726. The van der Waals surface area contributed by atoms with Crippen LogP contribution in [-0.4, -0.2) is 16.1 Å². The van der Waals surface area contributed by atoms with Gasteiger partial charge in [0.15, 0.2) is 0 Å². The highest BCUT2D eigenvalue weighted by Crippen LogP contribution is 2.24. The van der Waals surface area contributed by atoms with E-state index in [9.17, 15) is 9.90 Å². The Morgan fingerprint density at radius 1 is 1.92 bits per heavy atom. The van der Waals surface area contributed by atoms with Crippen molar-refractivity contribution in [2.75, 3.05) is 0 Å². The van der Waals surface area contributed by atoms with Crippen LogP contribution < -0.4 is 5.11 Å². The summed E-state index contributed by atoms with van der Waals surface area (Å²) < 4.78 is 0. The van der Waals surface area contributed by atoms with Gasteiger partial charge in [-0.2, -0.15) is 0 Å². The molecule has 0 saturated heterocycles. The second-order valence-electron chi connectivity index (χ2n) is 2.32. The SMILES string of the molecule is CCC(C(=O)[O-])c1nc(O)cs1. The first kappa shape index (κ1) is 8.99. The Morgan fingerprint density at radius 2 is 2.58 bits per heavy atom. The molecule has 1 atom stereocenters. The zero-order valence-electron chi connectivity index (χ0n) is 6.48. The molecule has 1 rings (SSSR count). The minimum absolute atomic E-state index is 0.130. The highest BCUT2D eigenvalue weighted by molar-refractivity contribution is 7.10. The van der Waals surface area contributed by atoms with Crippen molar-refractivity contribution in [1.29, 1.82) is 0 Å². The first-order valence-electron chi connectivity index (χ1n) is 3.50. The molecule has 0 saturated carbocycles. The first-order chi connectivity index (χ1) is 5.65. The lowest BCUT2D eigenvalue weighted by atomic mass is 10.1. The van der Waals surface area contributed by atoms with Gasteiger partial charge < -0.3 is 15.0 Å². The number of carboxylic acid groups (broad SMARTS) is 1. The predicted molar refractivity (Wildman–Crippen MR) is 41.8 cm³/mol. The summed E-state index contributed by atoms with van der Waals surface area (Å²) in [5.41, 5.74) is 0. The fourth-order valence-corrected chi connectivity index (χ4v) is 1.73. The second kappa shape index (κ2) is 3.53. The van der Waals surface area contributed by atoms with E-state index >= 15 is 0 Å². The van der Waals surface area contributed by atoms with Crippen LogP contribution in [-0.2, 0) is 4.79 Å². The summed E-state index contributed by atoms with van der Waals surface area (Å²) in [6.45, 7) is 1.74.